The minimum absolute atomic E-state index is 0.236. The predicted octanol–water partition coefficient (Wildman–Crippen LogP) is 0.325. The van der Waals surface area contributed by atoms with E-state index in [2.05, 4.69) is 19.2 Å². The molecule has 5 heteroatoms. The minimum atomic E-state index is -0.474. The summed E-state index contributed by atoms with van der Waals surface area (Å²) in [5.74, 6) is 0. The normalized spacial score (nSPS) is 12.6. The molecule has 0 aromatic carbocycles. The molecule has 1 aromatic heterocycles. The van der Waals surface area contributed by atoms with Crippen molar-refractivity contribution in [2.24, 2.45) is 7.05 Å². The van der Waals surface area contributed by atoms with E-state index in [1.807, 2.05) is 0 Å². The summed E-state index contributed by atoms with van der Waals surface area (Å²) in [7, 11) is 1.58. The Morgan fingerprint density at radius 1 is 1.24 bits per heavy atom. The average molecular weight is 239 g/mol. The molecule has 0 aliphatic heterocycles. The molecule has 0 fully saturated rings. The van der Waals surface area contributed by atoms with Crippen LogP contribution in [0.15, 0.2) is 22.0 Å². The van der Waals surface area contributed by atoms with Crippen LogP contribution in [0.3, 0.4) is 0 Å². The van der Waals surface area contributed by atoms with Crippen LogP contribution in [0.2, 0.25) is 0 Å². The number of aromatic nitrogens is 2. The Kier molecular flexibility index (Phi) is 5.15. The van der Waals surface area contributed by atoms with E-state index < -0.39 is 11.1 Å². The summed E-state index contributed by atoms with van der Waals surface area (Å²) in [6, 6.07) is 0.236. The van der Waals surface area contributed by atoms with Crippen molar-refractivity contribution in [3.8, 4) is 0 Å². The average Bonchev–Trinajstić information content (AvgIpc) is 2.34. The molecule has 1 unspecified atom stereocenters. The molecule has 1 heterocycles. The number of nitrogens with one attached hydrogen (secondary N) is 1. The van der Waals surface area contributed by atoms with Gasteiger partial charge >= 0.3 is 11.1 Å². The molecular weight excluding hydrogens is 218 g/mol. The van der Waals surface area contributed by atoms with E-state index in [0.717, 1.165) is 19.4 Å². The second kappa shape index (κ2) is 6.39. The van der Waals surface area contributed by atoms with Crippen LogP contribution >= 0.6 is 0 Å². The topological polar surface area (TPSA) is 56.0 Å². The first-order valence-electron chi connectivity index (χ1n) is 6.09. The van der Waals surface area contributed by atoms with Crippen molar-refractivity contribution >= 4 is 0 Å². The first-order chi connectivity index (χ1) is 8.10. The van der Waals surface area contributed by atoms with Crippen LogP contribution in [0.1, 0.15) is 26.7 Å². The van der Waals surface area contributed by atoms with Gasteiger partial charge < -0.3 is 14.5 Å². The van der Waals surface area contributed by atoms with Crippen LogP contribution in [0.4, 0.5) is 0 Å². The summed E-state index contributed by atoms with van der Waals surface area (Å²) in [6.45, 7) is 5.65. The van der Waals surface area contributed by atoms with Gasteiger partial charge in [0, 0.05) is 32.0 Å². The standard InChI is InChI=1S/C12H21N3O2/c1-4-6-13-10(5-2)9-15-8-7-14(3)11(16)12(15)17/h7-8,10,13H,4-6,9H2,1-3H3. The molecule has 1 N–H and O–H groups in total. The number of nitrogens with zero attached hydrogens (tertiary/aromatic N) is 2. The third-order valence-electron chi connectivity index (χ3n) is 2.83. The second-order valence-corrected chi connectivity index (χ2v) is 4.23. The lowest BCUT2D eigenvalue weighted by molar-refractivity contribution is 0.427. The van der Waals surface area contributed by atoms with E-state index in [9.17, 15) is 9.59 Å². The zero-order valence-electron chi connectivity index (χ0n) is 10.8. The molecular formula is C12H21N3O2. The van der Waals surface area contributed by atoms with Gasteiger partial charge in [-0.15, -0.1) is 0 Å². The summed E-state index contributed by atoms with van der Waals surface area (Å²) < 4.78 is 2.79. The maximum atomic E-state index is 11.7. The summed E-state index contributed by atoms with van der Waals surface area (Å²) in [5.41, 5.74) is -0.926. The molecule has 0 spiro atoms. The number of aryl methyl sites for hydroxylation is 1. The second-order valence-electron chi connectivity index (χ2n) is 4.23. The number of rotatable bonds is 6. The fourth-order valence-corrected chi connectivity index (χ4v) is 1.66. The Morgan fingerprint density at radius 2 is 1.94 bits per heavy atom. The quantitative estimate of drug-likeness (QED) is 0.728. The largest absolute Gasteiger partial charge is 0.316 e. The fraction of sp³-hybridized carbons (Fsp3) is 0.667. The van der Waals surface area contributed by atoms with E-state index in [1.54, 1.807) is 19.4 Å². The van der Waals surface area contributed by atoms with E-state index in [1.165, 1.54) is 9.13 Å². The van der Waals surface area contributed by atoms with Crippen molar-refractivity contribution in [1.82, 2.24) is 14.5 Å². The van der Waals surface area contributed by atoms with E-state index >= 15 is 0 Å². The molecule has 0 bridgehead atoms. The highest BCUT2D eigenvalue weighted by molar-refractivity contribution is 4.86. The van der Waals surface area contributed by atoms with Gasteiger partial charge in [-0.3, -0.25) is 9.59 Å². The van der Waals surface area contributed by atoms with Crippen LogP contribution < -0.4 is 16.4 Å². The van der Waals surface area contributed by atoms with Crippen molar-refractivity contribution in [3.05, 3.63) is 33.1 Å². The molecule has 1 atom stereocenters. The summed E-state index contributed by atoms with van der Waals surface area (Å²) in [4.78, 5) is 23.2. The molecule has 96 valence electrons. The van der Waals surface area contributed by atoms with Gasteiger partial charge in [0.2, 0.25) is 0 Å². The highest BCUT2D eigenvalue weighted by Gasteiger charge is 2.08. The van der Waals surface area contributed by atoms with Gasteiger partial charge in [0.25, 0.3) is 0 Å². The summed E-state index contributed by atoms with van der Waals surface area (Å²) >= 11 is 0. The fourth-order valence-electron chi connectivity index (χ4n) is 1.66. The van der Waals surface area contributed by atoms with Gasteiger partial charge in [-0.1, -0.05) is 13.8 Å². The van der Waals surface area contributed by atoms with Gasteiger partial charge in [0.1, 0.15) is 0 Å². The molecule has 0 saturated carbocycles. The summed E-state index contributed by atoms with van der Waals surface area (Å²) in [5, 5.41) is 3.36. The maximum Gasteiger partial charge on any atom is 0.316 e. The number of hydrogen-bond donors (Lipinski definition) is 1. The highest BCUT2D eigenvalue weighted by atomic mass is 16.2. The lowest BCUT2D eigenvalue weighted by Gasteiger charge is -2.17. The van der Waals surface area contributed by atoms with Gasteiger partial charge in [-0.2, -0.15) is 0 Å². The SMILES string of the molecule is CCCNC(CC)Cn1ccn(C)c(=O)c1=O. The predicted molar refractivity (Wildman–Crippen MR) is 68.3 cm³/mol. The zero-order chi connectivity index (χ0) is 12.8. The summed E-state index contributed by atoms with van der Waals surface area (Å²) in [6.07, 6.45) is 5.28. The minimum Gasteiger partial charge on any atom is -0.312 e. The Hall–Kier alpha value is -1.36. The van der Waals surface area contributed by atoms with E-state index in [0.29, 0.717) is 6.54 Å². The Labute approximate surface area is 101 Å². The molecule has 0 saturated heterocycles. The highest BCUT2D eigenvalue weighted by Crippen LogP contribution is 1.94. The maximum absolute atomic E-state index is 11.7. The van der Waals surface area contributed by atoms with Crippen molar-refractivity contribution in [1.29, 1.82) is 0 Å². The first kappa shape index (κ1) is 13.7. The Morgan fingerprint density at radius 3 is 2.53 bits per heavy atom. The van der Waals surface area contributed by atoms with Crippen LogP contribution in [0.5, 0.6) is 0 Å². The molecule has 0 aliphatic carbocycles. The lowest BCUT2D eigenvalue weighted by Crippen LogP contribution is -2.43. The monoisotopic (exact) mass is 239 g/mol. The van der Waals surface area contributed by atoms with Crippen LogP contribution in [0, 0.1) is 0 Å². The van der Waals surface area contributed by atoms with Crippen LogP contribution in [-0.4, -0.2) is 21.7 Å². The molecule has 0 aliphatic rings. The zero-order valence-corrected chi connectivity index (χ0v) is 10.8. The third kappa shape index (κ3) is 3.56. The molecule has 17 heavy (non-hydrogen) atoms. The molecule has 5 nitrogen and oxygen atoms in total. The van der Waals surface area contributed by atoms with Crippen molar-refractivity contribution < 1.29 is 0 Å². The van der Waals surface area contributed by atoms with Gasteiger partial charge in [0.05, 0.1) is 0 Å². The number of hydrogen-bond acceptors (Lipinski definition) is 3. The third-order valence-corrected chi connectivity index (χ3v) is 2.83. The van der Waals surface area contributed by atoms with Gasteiger partial charge in [-0.25, -0.2) is 0 Å². The first-order valence-corrected chi connectivity index (χ1v) is 6.09. The Bertz CT molecular complexity index is 462. The van der Waals surface area contributed by atoms with E-state index in [4.69, 9.17) is 0 Å². The molecule has 0 radical (unpaired) electrons. The molecule has 1 rings (SSSR count). The van der Waals surface area contributed by atoms with Crippen molar-refractivity contribution in [2.45, 2.75) is 39.3 Å². The van der Waals surface area contributed by atoms with Crippen LogP contribution in [-0.2, 0) is 13.6 Å². The molecule has 0 amide bonds. The van der Waals surface area contributed by atoms with Crippen molar-refractivity contribution in [2.75, 3.05) is 6.54 Å². The van der Waals surface area contributed by atoms with Gasteiger partial charge in [0.15, 0.2) is 0 Å². The van der Waals surface area contributed by atoms with Crippen molar-refractivity contribution in [3.63, 3.8) is 0 Å². The lowest BCUT2D eigenvalue weighted by atomic mass is 10.2. The van der Waals surface area contributed by atoms with Crippen LogP contribution in [0.25, 0.3) is 0 Å². The smallest absolute Gasteiger partial charge is 0.312 e. The van der Waals surface area contributed by atoms with E-state index in [-0.39, 0.29) is 6.04 Å². The van der Waals surface area contributed by atoms with Gasteiger partial charge in [-0.05, 0) is 19.4 Å². The Balaban J connectivity index is 2.84. The molecule has 1 aromatic rings.